The Morgan fingerprint density at radius 3 is 2.57 bits per heavy atom. The predicted molar refractivity (Wildman–Crippen MR) is 84.6 cm³/mol. The molecule has 0 unspecified atom stereocenters. The number of benzene rings is 2. The molecule has 0 heterocycles. The zero-order valence-corrected chi connectivity index (χ0v) is 13.5. The van der Waals surface area contributed by atoms with Crippen LogP contribution in [0.3, 0.4) is 0 Å². The van der Waals surface area contributed by atoms with Gasteiger partial charge in [0.25, 0.3) is 0 Å². The van der Waals surface area contributed by atoms with Crippen LogP contribution in [0.2, 0.25) is 5.02 Å². The first kappa shape index (κ1) is 16.2. The summed E-state index contributed by atoms with van der Waals surface area (Å²) in [5.41, 5.74) is 1.38. The van der Waals surface area contributed by atoms with E-state index in [0.717, 1.165) is 9.26 Å². The van der Waals surface area contributed by atoms with Gasteiger partial charge >= 0.3 is 6.36 Å². The molecular formula is C14H10ClF3INO. The fourth-order valence-corrected chi connectivity index (χ4v) is 2.61. The van der Waals surface area contributed by atoms with E-state index in [4.69, 9.17) is 11.6 Å². The summed E-state index contributed by atoms with van der Waals surface area (Å²) in [6.45, 7) is 0.343. The molecule has 21 heavy (non-hydrogen) atoms. The smallest absolute Gasteiger partial charge is 0.406 e. The van der Waals surface area contributed by atoms with Crippen molar-refractivity contribution >= 4 is 39.9 Å². The van der Waals surface area contributed by atoms with Gasteiger partial charge in [0.15, 0.2) is 0 Å². The van der Waals surface area contributed by atoms with Gasteiger partial charge in [-0.1, -0.05) is 23.7 Å². The van der Waals surface area contributed by atoms with Crippen LogP contribution in [0.25, 0.3) is 0 Å². The molecule has 1 N–H and O–H groups in total. The lowest BCUT2D eigenvalue weighted by Gasteiger charge is -2.12. The quantitative estimate of drug-likeness (QED) is 0.655. The summed E-state index contributed by atoms with van der Waals surface area (Å²) in [6, 6.07) is 11.3. The molecule has 0 bridgehead atoms. The first-order valence-corrected chi connectivity index (χ1v) is 7.33. The Hall–Kier alpha value is -1.15. The maximum absolute atomic E-state index is 12.2. The minimum atomic E-state index is -4.69. The minimum Gasteiger partial charge on any atom is -0.406 e. The molecule has 0 aliphatic heterocycles. The molecule has 0 amide bonds. The van der Waals surface area contributed by atoms with E-state index in [1.165, 1.54) is 18.2 Å². The second-order valence-electron chi connectivity index (χ2n) is 4.17. The van der Waals surface area contributed by atoms with Gasteiger partial charge in [-0.2, -0.15) is 0 Å². The van der Waals surface area contributed by atoms with Crippen molar-refractivity contribution in [3.63, 3.8) is 0 Å². The molecule has 112 valence electrons. The number of nitrogens with one attached hydrogen (secondary N) is 1. The van der Waals surface area contributed by atoms with E-state index >= 15 is 0 Å². The summed E-state index contributed by atoms with van der Waals surface area (Å²) in [4.78, 5) is 0. The number of hydrogen-bond acceptors (Lipinski definition) is 2. The number of hydrogen-bond donors (Lipinski definition) is 1. The number of rotatable bonds is 4. The Morgan fingerprint density at radius 2 is 1.90 bits per heavy atom. The largest absolute Gasteiger partial charge is 0.573 e. The molecule has 0 radical (unpaired) electrons. The predicted octanol–water partition coefficient (Wildman–Crippen LogP) is 5.46. The van der Waals surface area contributed by atoms with E-state index < -0.39 is 6.36 Å². The molecule has 7 heteroatoms. The first-order valence-electron chi connectivity index (χ1n) is 5.87. The molecule has 0 aromatic heterocycles. The molecule has 2 rings (SSSR count). The minimum absolute atomic E-state index is 0.240. The number of alkyl halides is 3. The highest BCUT2D eigenvalue weighted by molar-refractivity contribution is 14.1. The van der Waals surface area contributed by atoms with Crippen LogP contribution in [0.5, 0.6) is 5.75 Å². The van der Waals surface area contributed by atoms with E-state index in [9.17, 15) is 13.2 Å². The van der Waals surface area contributed by atoms with Gasteiger partial charge in [0, 0.05) is 10.1 Å². The number of ether oxygens (including phenoxy) is 1. The van der Waals surface area contributed by atoms with E-state index in [1.54, 1.807) is 12.1 Å². The van der Waals surface area contributed by atoms with Crippen molar-refractivity contribution in [1.29, 1.82) is 0 Å². The summed E-state index contributed by atoms with van der Waals surface area (Å²) < 4.78 is 41.4. The van der Waals surface area contributed by atoms with Crippen LogP contribution in [0.1, 0.15) is 5.56 Å². The molecule has 0 saturated carbocycles. The van der Waals surface area contributed by atoms with E-state index in [1.807, 2.05) is 12.1 Å². The van der Waals surface area contributed by atoms with Crippen LogP contribution in [0.15, 0.2) is 42.5 Å². The van der Waals surface area contributed by atoms with Crippen LogP contribution >= 0.6 is 34.2 Å². The second kappa shape index (κ2) is 6.74. The van der Waals surface area contributed by atoms with Crippen molar-refractivity contribution in [2.75, 3.05) is 5.32 Å². The molecule has 0 aliphatic rings. The van der Waals surface area contributed by atoms with Crippen LogP contribution in [0.4, 0.5) is 18.9 Å². The van der Waals surface area contributed by atoms with Gasteiger partial charge in [-0.05, 0) is 58.5 Å². The monoisotopic (exact) mass is 427 g/mol. The molecule has 0 fully saturated rings. The van der Waals surface area contributed by atoms with Gasteiger partial charge in [0.1, 0.15) is 5.75 Å². The third-order valence-electron chi connectivity index (χ3n) is 2.55. The highest BCUT2D eigenvalue weighted by atomic mass is 127. The third kappa shape index (κ3) is 5.28. The molecular weight excluding hydrogens is 418 g/mol. The molecule has 2 aromatic carbocycles. The maximum Gasteiger partial charge on any atom is 0.573 e. The van der Waals surface area contributed by atoms with E-state index in [0.29, 0.717) is 17.1 Å². The van der Waals surface area contributed by atoms with Crippen molar-refractivity contribution in [3.8, 4) is 5.75 Å². The average Bonchev–Trinajstić information content (AvgIpc) is 2.36. The average molecular weight is 428 g/mol. The van der Waals surface area contributed by atoms with Crippen molar-refractivity contribution in [2.45, 2.75) is 12.9 Å². The second-order valence-corrected chi connectivity index (χ2v) is 5.83. The zero-order valence-electron chi connectivity index (χ0n) is 10.5. The molecule has 2 aromatic rings. The Labute approximate surface area is 138 Å². The van der Waals surface area contributed by atoms with Gasteiger partial charge in [-0.15, -0.1) is 13.2 Å². The summed E-state index contributed by atoms with van der Waals surface area (Å²) in [7, 11) is 0. The fourth-order valence-electron chi connectivity index (χ4n) is 1.68. The Kier molecular flexibility index (Phi) is 5.21. The van der Waals surface area contributed by atoms with Gasteiger partial charge in [-0.25, -0.2) is 0 Å². The summed E-state index contributed by atoms with van der Waals surface area (Å²) in [5, 5.41) is 3.63. The third-order valence-corrected chi connectivity index (χ3v) is 3.53. The number of halogens is 5. The van der Waals surface area contributed by atoms with Crippen molar-refractivity contribution < 1.29 is 17.9 Å². The summed E-state index contributed by atoms with van der Waals surface area (Å²) in [6.07, 6.45) is -4.69. The van der Waals surface area contributed by atoms with E-state index in [2.05, 4.69) is 32.6 Å². The summed E-state index contributed by atoms with van der Waals surface area (Å²) >= 11 is 8.22. The Bertz CT molecular complexity index is 634. The van der Waals surface area contributed by atoms with E-state index in [-0.39, 0.29) is 5.75 Å². The van der Waals surface area contributed by atoms with Crippen molar-refractivity contribution in [1.82, 2.24) is 0 Å². The molecule has 0 spiro atoms. The lowest BCUT2D eigenvalue weighted by atomic mass is 10.2. The zero-order chi connectivity index (χ0) is 15.5. The Balaban J connectivity index is 2.05. The number of anilines is 1. The molecule has 0 atom stereocenters. The van der Waals surface area contributed by atoms with Crippen LogP contribution in [-0.4, -0.2) is 6.36 Å². The lowest BCUT2D eigenvalue weighted by Crippen LogP contribution is -2.17. The normalized spacial score (nSPS) is 11.3. The van der Waals surface area contributed by atoms with Gasteiger partial charge < -0.3 is 10.1 Å². The van der Waals surface area contributed by atoms with Gasteiger partial charge in [-0.3, -0.25) is 0 Å². The van der Waals surface area contributed by atoms with Gasteiger partial charge in [0.2, 0.25) is 0 Å². The topological polar surface area (TPSA) is 21.3 Å². The standard InChI is InChI=1S/C14H10ClF3INO/c15-12-7-10(19)4-5-13(12)20-8-9-2-1-3-11(6-9)21-14(16,17)18/h1-7,20H,8H2. The fraction of sp³-hybridized carbons (Fsp3) is 0.143. The maximum atomic E-state index is 12.2. The van der Waals surface area contributed by atoms with Crippen LogP contribution in [0, 0.1) is 3.57 Å². The van der Waals surface area contributed by atoms with Crippen molar-refractivity contribution in [3.05, 3.63) is 56.6 Å². The lowest BCUT2D eigenvalue weighted by molar-refractivity contribution is -0.274. The van der Waals surface area contributed by atoms with Crippen LogP contribution in [-0.2, 0) is 6.54 Å². The summed E-state index contributed by atoms with van der Waals surface area (Å²) in [5.74, 6) is -0.240. The Morgan fingerprint density at radius 1 is 1.14 bits per heavy atom. The first-order chi connectivity index (χ1) is 9.83. The van der Waals surface area contributed by atoms with Crippen molar-refractivity contribution in [2.24, 2.45) is 0 Å². The SMILES string of the molecule is FC(F)(F)Oc1cccc(CNc2ccc(I)cc2Cl)c1. The highest BCUT2D eigenvalue weighted by Crippen LogP contribution is 2.26. The van der Waals surface area contributed by atoms with Gasteiger partial charge in [0.05, 0.1) is 10.7 Å². The molecule has 2 nitrogen and oxygen atoms in total. The van der Waals surface area contributed by atoms with Crippen LogP contribution < -0.4 is 10.1 Å². The highest BCUT2D eigenvalue weighted by Gasteiger charge is 2.31. The molecule has 0 aliphatic carbocycles. The molecule has 0 saturated heterocycles.